The van der Waals surface area contributed by atoms with E-state index in [4.69, 9.17) is 0 Å². The first-order valence-corrected chi connectivity index (χ1v) is 8.99. The van der Waals surface area contributed by atoms with Gasteiger partial charge in [0, 0.05) is 37.7 Å². The van der Waals surface area contributed by atoms with Gasteiger partial charge >= 0.3 is 5.69 Å². The lowest BCUT2D eigenvalue weighted by atomic mass is 10.1. The highest BCUT2D eigenvalue weighted by molar-refractivity contribution is 5.75. The Bertz CT molecular complexity index is 1240. The molecule has 0 aliphatic carbocycles. The summed E-state index contributed by atoms with van der Waals surface area (Å²) in [6.45, 7) is 5.52. The van der Waals surface area contributed by atoms with Crippen LogP contribution in [0.2, 0.25) is 0 Å². The topological polar surface area (TPSA) is 89.1 Å². The molecule has 1 aromatic carbocycles. The number of nitrogens with one attached hydrogen (secondary N) is 2. The molecule has 140 valence electrons. The van der Waals surface area contributed by atoms with Gasteiger partial charge in [-0.05, 0) is 31.0 Å². The number of aromatic nitrogens is 5. The van der Waals surface area contributed by atoms with Crippen LogP contribution in [0, 0.1) is 6.92 Å². The van der Waals surface area contributed by atoms with Crippen LogP contribution in [0.15, 0.2) is 40.1 Å². The van der Waals surface area contributed by atoms with E-state index in [0.29, 0.717) is 23.5 Å². The fourth-order valence-corrected chi connectivity index (χ4v) is 3.36. The van der Waals surface area contributed by atoms with E-state index in [-0.39, 0.29) is 0 Å². The predicted molar refractivity (Wildman–Crippen MR) is 106 cm³/mol. The van der Waals surface area contributed by atoms with Crippen molar-refractivity contribution in [2.24, 2.45) is 7.05 Å². The van der Waals surface area contributed by atoms with Gasteiger partial charge in [-0.25, -0.2) is 4.79 Å². The zero-order chi connectivity index (χ0) is 19.1. The third-order valence-electron chi connectivity index (χ3n) is 4.94. The molecule has 8 nitrogen and oxygen atoms in total. The number of hydrogen-bond donors (Lipinski definition) is 2. The number of rotatable bonds is 5. The molecular weight excluding hydrogens is 344 g/mol. The van der Waals surface area contributed by atoms with E-state index in [9.17, 15) is 9.59 Å². The summed E-state index contributed by atoms with van der Waals surface area (Å²) < 4.78 is 5.15. The van der Waals surface area contributed by atoms with Gasteiger partial charge in [-0.3, -0.25) is 18.7 Å². The Balaban J connectivity index is 1.65. The van der Waals surface area contributed by atoms with Crippen LogP contribution in [-0.2, 0) is 20.0 Å². The SMILES string of the molecule is CCc1ccc(NCCn2c(C)cn3c4c(=O)[nH]c(=O)n(C)c4nc23)cc1. The first kappa shape index (κ1) is 17.1. The van der Waals surface area contributed by atoms with Crippen molar-refractivity contribution in [3.63, 3.8) is 0 Å². The average Bonchev–Trinajstić information content (AvgIpc) is 3.16. The summed E-state index contributed by atoms with van der Waals surface area (Å²) in [5.74, 6) is 0.650. The minimum absolute atomic E-state index is 0.385. The summed E-state index contributed by atoms with van der Waals surface area (Å²) >= 11 is 0. The number of benzene rings is 1. The van der Waals surface area contributed by atoms with Gasteiger partial charge in [0.2, 0.25) is 5.78 Å². The second-order valence-electron chi connectivity index (χ2n) is 6.67. The Morgan fingerprint density at radius 2 is 1.93 bits per heavy atom. The summed E-state index contributed by atoms with van der Waals surface area (Å²) in [5, 5.41) is 3.41. The minimum Gasteiger partial charge on any atom is -0.383 e. The van der Waals surface area contributed by atoms with Crippen molar-refractivity contribution in [2.45, 2.75) is 26.8 Å². The minimum atomic E-state index is -0.464. The maximum Gasteiger partial charge on any atom is 0.329 e. The lowest BCUT2D eigenvalue weighted by Crippen LogP contribution is -2.28. The molecule has 4 rings (SSSR count). The van der Waals surface area contributed by atoms with Crippen molar-refractivity contribution in [2.75, 3.05) is 11.9 Å². The second-order valence-corrected chi connectivity index (χ2v) is 6.67. The molecule has 0 amide bonds. The lowest BCUT2D eigenvalue weighted by Gasteiger charge is -2.09. The first-order chi connectivity index (χ1) is 13.0. The van der Waals surface area contributed by atoms with Gasteiger partial charge in [0.15, 0.2) is 11.2 Å². The van der Waals surface area contributed by atoms with Crippen LogP contribution in [-0.4, -0.2) is 30.0 Å². The molecule has 0 aliphatic rings. The number of fused-ring (bicyclic) bond motifs is 3. The molecule has 0 saturated carbocycles. The summed E-state index contributed by atoms with van der Waals surface area (Å²) in [6, 6.07) is 8.40. The van der Waals surface area contributed by atoms with Crippen LogP contribution in [0.1, 0.15) is 18.2 Å². The molecule has 3 aromatic heterocycles. The van der Waals surface area contributed by atoms with E-state index < -0.39 is 11.2 Å². The van der Waals surface area contributed by atoms with Crippen LogP contribution in [0.4, 0.5) is 5.69 Å². The largest absolute Gasteiger partial charge is 0.383 e. The molecular formula is C19H22N6O2. The maximum atomic E-state index is 12.2. The van der Waals surface area contributed by atoms with Gasteiger partial charge in [-0.2, -0.15) is 4.98 Å². The van der Waals surface area contributed by atoms with Crippen molar-refractivity contribution in [1.82, 2.24) is 23.5 Å². The maximum absolute atomic E-state index is 12.2. The lowest BCUT2D eigenvalue weighted by molar-refractivity contribution is 0.724. The van der Waals surface area contributed by atoms with E-state index >= 15 is 0 Å². The van der Waals surface area contributed by atoms with E-state index in [1.807, 2.05) is 17.7 Å². The summed E-state index contributed by atoms with van der Waals surface area (Å²) in [6.07, 6.45) is 2.90. The van der Waals surface area contributed by atoms with Gasteiger partial charge in [0.1, 0.15) is 0 Å². The van der Waals surface area contributed by atoms with Crippen LogP contribution < -0.4 is 16.6 Å². The number of H-pyrrole nitrogens is 1. The highest BCUT2D eigenvalue weighted by atomic mass is 16.2. The molecule has 0 fully saturated rings. The molecule has 0 unspecified atom stereocenters. The monoisotopic (exact) mass is 366 g/mol. The highest BCUT2D eigenvalue weighted by Gasteiger charge is 2.17. The van der Waals surface area contributed by atoms with Crippen LogP contribution >= 0.6 is 0 Å². The molecule has 0 saturated heterocycles. The Labute approximate surface area is 155 Å². The van der Waals surface area contributed by atoms with Gasteiger partial charge in [0.25, 0.3) is 5.56 Å². The Morgan fingerprint density at radius 1 is 1.19 bits per heavy atom. The molecule has 0 bridgehead atoms. The summed E-state index contributed by atoms with van der Waals surface area (Å²) in [4.78, 5) is 30.9. The average molecular weight is 366 g/mol. The van der Waals surface area contributed by atoms with E-state index in [2.05, 4.69) is 46.5 Å². The fraction of sp³-hybridized carbons (Fsp3) is 0.316. The van der Waals surface area contributed by atoms with E-state index in [1.165, 1.54) is 10.1 Å². The quantitative estimate of drug-likeness (QED) is 0.562. The fourth-order valence-electron chi connectivity index (χ4n) is 3.36. The second kappa shape index (κ2) is 6.46. The molecule has 0 radical (unpaired) electrons. The molecule has 2 N–H and O–H groups in total. The normalized spacial score (nSPS) is 11.5. The summed E-state index contributed by atoms with van der Waals surface area (Å²) in [7, 11) is 1.60. The van der Waals surface area contributed by atoms with Crippen molar-refractivity contribution in [3.05, 3.63) is 62.6 Å². The number of hydrogen-bond acceptors (Lipinski definition) is 4. The van der Waals surface area contributed by atoms with Crippen molar-refractivity contribution < 1.29 is 0 Å². The number of aromatic amines is 1. The van der Waals surface area contributed by atoms with Gasteiger partial charge in [-0.1, -0.05) is 19.1 Å². The zero-order valence-electron chi connectivity index (χ0n) is 15.6. The van der Waals surface area contributed by atoms with Crippen LogP contribution in [0.5, 0.6) is 0 Å². The predicted octanol–water partition coefficient (Wildman–Crippen LogP) is 1.66. The van der Waals surface area contributed by atoms with Gasteiger partial charge < -0.3 is 9.88 Å². The number of anilines is 1. The van der Waals surface area contributed by atoms with Crippen LogP contribution in [0.25, 0.3) is 16.9 Å². The molecule has 0 atom stereocenters. The van der Waals surface area contributed by atoms with E-state index in [0.717, 1.165) is 24.3 Å². The third kappa shape index (κ3) is 2.83. The Kier molecular flexibility index (Phi) is 4.10. The smallest absolute Gasteiger partial charge is 0.329 e. The number of aryl methyl sites for hydroxylation is 3. The summed E-state index contributed by atoms with van der Waals surface area (Å²) in [5.41, 5.74) is 3.26. The molecule has 27 heavy (non-hydrogen) atoms. The van der Waals surface area contributed by atoms with Gasteiger partial charge in [-0.15, -0.1) is 0 Å². The van der Waals surface area contributed by atoms with Crippen molar-refractivity contribution >= 4 is 22.6 Å². The molecule has 3 heterocycles. The molecule has 0 aliphatic heterocycles. The Hall–Kier alpha value is -3.29. The molecule has 4 aromatic rings. The number of imidazole rings is 2. The van der Waals surface area contributed by atoms with Crippen molar-refractivity contribution in [1.29, 1.82) is 0 Å². The van der Waals surface area contributed by atoms with Crippen molar-refractivity contribution in [3.8, 4) is 0 Å². The van der Waals surface area contributed by atoms with Gasteiger partial charge in [0.05, 0.1) is 0 Å². The zero-order valence-corrected chi connectivity index (χ0v) is 15.6. The molecule has 8 heteroatoms. The third-order valence-corrected chi connectivity index (χ3v) is 4.94. The number of nitrogens with zero attached hydrogens (tertiary/aromatic N) is 4. The van der Waals surface area contributed by atoms with Crippen LogP contribution in [0.3, 0.4) is 0 Å². The first-order valence-electron chi connectivity index (χ1n) is 8.99. The Morgan fingerprint density at radius 3 is 2.63 bits per heavy atom. The van der Waals surface area contributed by atoms with E-state index in [1.54, 1.807) is 11.4 Å². The molecule has 0 spiro atoms. The standard InChI is InChI=1S/C19H22N6O2/c1-4-13-5-7-14(8-6-13)20-9-10-24-12(2)11-25-15-16(21-18(24)25)23(3)19(27)22-17(15)26/h5-8,11,20H,4,9-10H2,1-3H3,(H,22,26,27). The highest BCUT2D eigenvalue weighted by Crippen LogP contribution is 2.16.